The van der Waals surface area contributed by atoms with Gasteiger partial charge in [0.1, 0.15) is 17.8 Å². The summed E-state index contributed by atoms with van der Waals surface area (Å²) in [6.07, 6.45) is 4.68. The maximum Gasteiger partial charge on any atom is 0.258 e. The van der Waals surface area contributed by atoms with E-state index >= 15 is 0 Å². The van der Waals surface area contributed by atoms with E-state index < -0.39 is 0 Å². The SMILES string of the molecule is Cc1cncc(C(=O)Nc2ncnc3[nH]c(C)c(C)c23)c1. The lowest BCUT2D eigenvalue weighted by molar-refractivity contribution is 0.102. The van der Waals surface area contributed by atoms with Crippen molar-refractivity contribution >= 4 is 22.8 Å². The van der Waals surface area contributed by atoms with Crippen molar-refractivity contribution in [3.8, 4) is 0 Å². The van der Waals surface area contributed by atoms with Crippen LogP contribution in [0.25, 0.3) is 11.0 Å². The van der Waals surface area contributed by atoms with Gasteiger partial charge in [-0.1, -0.05) is 0 Å². The first-order valence-corrected chi connectivity index (χ1v) is 6.59. The Morgan fingerprint density at radius 2 is 2.00 bits per heavy atom. The number of carbonyl (C=O) groups is 1. The van der Waals surface area contributed by atoms with E-state index in [0.717, 1.165) is 27.9 Å². The highest BCUT2D eigenvalue weighted by atomic mass is 16.1. The molecule has 1 amide bonds. The Bertz CT molecular complexity index is 837. The van der Waals surface area contributed by atoms with Gasteiger partial charge in [0.25, 0.3) is 5.91 Å². The van der Waals surface area contributed by atoms with Crippen LogP contribution in [0.15, 0.2) is 24.8 Å². The van der Waals surface area contributed by atoms with Crippen LogP contribution in [-0.4, -0.2) is 25.8 Å². The first kappa shape index (κ1) is 13.2. The molecular weight excluding hydrogens is 266 g/mol. The number of aromatic amines is 1. The number of hydrogen-bond acceptors (Lipinski definition) is 4. The summed E-state index contributed by atoms with van der Waals surface area (Å²) >= 11 is 0. The third-order valence-corrected chi connectivity index (χ3v) is 3.46. The number of nitrogens with zero attached hydrogens (tertiary/aromatic N) is 3. The highest BCUT2D eigenvalue weighted by Gasteiger charge is 2.14. The molecule has 0 aliphatic carbocycles. The first-order chi connectivity index (χ1) is 10.1. The second kappa shape index (κ2) is 4.97. The number of aromatic nitrogens is 4. The molecule has 3 aromatic rings. The molecule has 3 rings (SSSR count). The van der Waals surface area contributed by atoms with Crippen molar-refractivity contribution in [3.05, 3.63) is 47.2 Å². The van der Waals surface area contributed by atoms with E-state index in [1.54, 1.807) is 12.3 Å². The van der Waals surface area contributed by atoms with Crippen molar-refractivity contribution in [2.24, 2.45) is 0 Å². The van der Waals surface area contributed by atoms with Gasteiger partial charge in [-0.25, -0.2) is 9.97 Å². The Morgan fingerprint density at radius 3 is 2.76 bits per heavy atom. The number of fused-ring (bicyclic) bond motifs is 1. The zero-order chi connectivity index (χ0) is 15.0. The van der Waals surface area contributed by atoms with Gasteiger partial charge in [-0.2, -0.15) is 0 Å². The lowest BCUT2D eigenvalue weighted by Gasteiger charge is -2.06. The van der Waals surface area contributed by atoms with Gasteiger partial charge in [0.05, 0.1) is 10.9 Å². The second-order valence-electron chi connectivity index (χ2n) is 5.03. The number of H-pyrrole nitrogens is 1. The van der Waals surface area contributed by atoms with Gasteiger partial charge in [-0.3, -0.25) is 9.78 Å². The molecule has 21 heavy (non-hydrogen) atoms. The van der Waals surface area contributed by atoms with Crippen molar-refractivity contribution < 1.29 is 4.79 Å². The molecule has 0 aliphatic rings. The molecule has 3 aromatic heterocycles. The Balaban J connectivity index is 2.00. The number of anilines is 1. The van der Waals surface area contributed by atoms with Crippen molar-refractivity contribution in [2.75, 3.05) is 5.32 Å². The van der Waals surface area contributed by atoms with E-state index in [1.807, 2.05) is 20.8 Å². The molecule has 6 heteroatoms. The van der Waals surface area contributed by atoms with E-state index in [9.17, 15) is 4.79 Å². The zero-order valence-corrected chi connectivity index (χ0v) is 12.1. The van der Waals surface area contributed by atoms with Crippen LogP contribution in [0.3, 0.4) is 0 Å². The Morgan fingerprint density at radius 1 is 1.19 bits per heavy atom. The van der Waals surface area contributed by atoms with E-state index in [4.69, 9.17) is 0 Å². The summed E-state index contributed by atoms with van der Waals surface area (Å²) in [6.45, 7) is 5.83. The fourth-order valence-corrected chi connectivity index (χ4v) is 2.25. The fourth-order valence-electron chi connectivity index (χ4n) is 2.25. The number of aryl methyl sites for hydroxylation is 3. The predicted molar refractivity (Wildman–Crippen MR) is 80.3 cm³/mol. The molecule has 0 saturated heterocycles. The number of carbonyl (C=O) groups excluding carboxylic acids is 1. The molecule has 0 unspecified atom stereocenters. The standard InChI is InChI=1S/C15H15N5O/c1-8-4-11(6-16-5-8)15(21)20-14-12-9(2)10(3)19-13(12)17-7-18-14/h4-7H,1-3H3,(H2,17,18,19,20,21). The minimum absolute atomic E-state index is 0.232. The minimum atomic E-state index is -0.232. The Kier molecular flexibility index (Phi) is 3.13. The summed E-state index contributed by atoms with van der Waals surface area (Å²) < 4.78 is 0. The number of rotatable bonds is 2. The third kappa shape index (κ3) is 2.35. The van der Waals surface area contributed by atoms with Crippen molar-refractivity contribution in [3.63, 3.8) is 0 Å². The average Bonchev–Trinajstić information content (AvgIpc) is 2.75. The Labute approximate surface area is 121 Å². The van der Waals surface area contributed by atoms with Crippen LogP contribution in [0.1, 0.15) is 27.2 Å². The minimum Gasteiger partial charge on any atom is -0.343 e. The Hall–Kier alpha value is -2.76. The number of amides is 1. The van der Waals surface area contributed by atoms with Crippen LogP contribution in [0.5, 0.6) is 0 Å². The molecule has 2 N–H and O–H groups in total. The summed E-state index contributed by atoms with van der Waals surface area (Å²) in [7, 11) is 0. The molecule has 6 nitrogen and oxygen atoms in total. The smallest absolute Gasteiger partial charge is 0.258 e. The molecule has 0 spiro atoms. The monoisotopic (exact) mass is 281 g/mol. The van der Waals surface area contributed by atoms with Gasteiger partial charge in [-0.15, -0.1) is 0 Å². The highest BCUT2D eigenvalue weighted by Crippen LogP contribution is 2.25. The van der Waals surface area contributed by atoms with E-state index in [1.165, 1.54) is 12.5 Å². The maximum atomic E-state index is 12.3. The number of pyridine rings is 1. The largest absolute Gasteiger partial charge is 0.343 e. The summed E-state index contributed by atoms with van der Waals surface area (Å²) in [5.74, 6) is 0.276. The van der Waals surface area contributed by atoms with Gasteiger partial charge in [0.2, 0.25) is 0 Å². The van der Waals surface area contributed by atoms with Crippen LogP contribution in [0.2, 0.25) is 0 Å². The van der Waals surface area contributed by atoms with Gasteiger partial charge in [0, 0.05) is 18.1 Å². The molecular formula is C15H15N5O. The molecule has 0 aromatic carbocycles. The molecule has 0 aliphatic heterocycles. The number of nitrogens with one attached hydrogen (secondary N) is 2. The first-order valence-electron chi connectivity index (χ1n) is 6.59. The fraction of sp³-hybridized carbons (Fsp3) is 0.200. The third-order valence-electron chi connectivity index (χ3n) is 3.46. The number of hydrogen-bond donors (Lipinski definition) is 2. The van der Waals surface area contributed by atoms with Crippen molar-refractivity contribution in [1.29, 1.82) is 0 Å². The van der Waals surface area contributed by atoms with Crippen LogP contribution < -0.4 is 5.32 Å². The lowest BCUT2D eigenvalue weighted by atomic mass is 10.2. The second-order valence-corrected chi connectivity index (χ2v) is 5.03. The predicted octanol–water partition coefficient (Wildman–Crippen LogP) is 2.53. The summed E-state index contributed by atoms with van der Waals surface area (Å²) in [4.78, 5) is 27.9. The van der Waals surface area contributed by atoms with Crippen LogP contribution in [0, 0.1) is 20.8 Å². The highest BCUT2D eigenvalue weighted by molar-refractivity contribution is 6.07. The average molecular weight is 281 g/mol. The summed E-state index contributed by atoms with van der Waals surface area (Å²) in [6, 6.07) is 1.79. The van der Waals surface area contributed by atoms with Crippen LogP contribution in [-0.2, 0) is 0 Å². The molecule has 0 atom stereocenters. The van der Waals surface area contributed by atoms with Crippen molar-refractivity contribution in [1.82, 2.24) is 19.9 Å². The van der Waals surface area contributed by atoms with Crippen molar-refractivity contribution in [2.45, 2.75) is 20.8 Å². The van der Waals surface area contributed by atoms with Crippen LogP contribution in [0.4, 0.5) is 5.82 Å². The van der Waals surface area contributed by atoms with Gasteiger partial charge in [-0.05, 0) is 38.0 Å². The molecule has 106 valence electrons. The normalized spacial score (nSPS) is 10.8. The van der Waals surface area contributed by atoms with E-state index in [-0.39, 0.29) is 5.91 Å². The van der Waals surface area contributed by atoms with E-state index in [2.05, 4.69) is 25.3 Å². The maximum absolute atomic E-state index is 12.3. The van der Waals surface area contributed by atoms with Gasteiger partial charge < -0.3 is 10.3 Å². The van der Waals surface area contributed by atoms with Gasteiger partial charge in [0.15, 0.2) is 0 Å². The van der Waals surface area contributed by atoms with Gasteiger partial charge >= 0.3 is 0 Å². The molecule has 3 heterocycles. The quantitative estimate of drug-likeness (QED) is 0.756. The molecule has 0 radical (unpaired) electrons. The molecule has 0 saturated carbocycles. The molecule has 0 bridgehead atoms. The summed E-state index contributed by atoms with van der Waals surface area (Å²) in [5, 5.41) is 3.67. The zero-order valence-electron chi connectivity index (χ0n) is 12.1. The topological polar surface area (TPSA) is 83.6 Å². The lowest BCUT2D eigenvalue weighted by Crippen LogP contribution is -2.14. The summed E-state index contributed by atoms with van der Waals surface area (Å²) in [5.41, 5.74) is 4.20. The van der Waals surface area contributed by atoms with Crippen LogP contribution >= 0.6 is 0 Å². The van der Waals surface area contributed by atoms with E-state index in [0.29, 0.717) is 11.4 Å². The molecule has 0 fully saturated rings.